The van der Waals surface area contributed by atoms with Crippen molar-refractivity contribution in [1.29, 1.82) is 0 Å². The molecule has 1 aromatic carbocycles. The Hall–Kier alpha value is -2.43. The van der Waals surface area contributed by atoms with Crippen LogP contribution in [0.4, 0.5) is 11.6 Å². The van der Waals surface area contributed by atoms with E-state index in [1.165, 1.54) is 6.33 Å². The molecule has 2 rings (SSSR count). The summed E-state index contributed by atoms with van der Waals surface area (Å²) in [6, 6.07) is 10.0. The second-order valence-corrected chi connectivity index (χ2v) is 3.63. The fourth-order valence-corrected chi connectivity index (χ4v) is 1.69. The number of aromatic nitrogens is 3. The van der Waals surface area contributed by atoms with Crippen molar-refractivity contribution in [2.75, 3.05) is 23.9 Å². The molecule has 5 heteroatoms. The molecule has 1 N–H and O–H groups in total. The molecule has 0 fully saturated rings. The Balaban J connectivity index is 2.44. The monoisotopic (exact) mass is 242 g/mol. The van der Waals surface area contributed by atoms with E-state index >= 15 is 0 Å². The fourth-order valence-electron chi connectivity index (χ4n) is 1.69. The van der Waals surface area contributed by atoms with Crippen LogP contribution in [0.25, 0.3) is 0 Å². The summed E-state index contributed by atoms with van der Waals surface area (Å²) >= 11 is 0. The van der Waals surface area contributed by atoms with Gasteiger partial charge in [0.2, 0.25) is 12.7 Å². The van der Waals surface area contributed by atoms with Crippen molar-refractivity contribution in [2.24, 2.45) is 0 Å². The van der Waals surface area contributed by atoms with Gasteiger partial charge in [-0.25, -0.2) is 5.01 Å². The third-order valence-corrected chi connectivity index (χ3v) is 2.48. The van der Waals surface area contributed by atoms with Crippen molar-refractivity contribution in [2.45, 2.75) is 0 Å². The Labute approximate surface area is 106 Å². The summed E-state index contributed by atoms with van der Waals surface area (Å²) in [6.07, 6.45) is 5.07. The molecule has 0 bridgehead atoms. The summed E-state index contributed by atoms with van der Waals surface area (Å²) in [5, 5.41) is 5.07. The van der Waals surface area contributed by atoms with Crippen LogP contribution in [0.3, 0.4) is 0 Å². The zero-order valence-corrected chi connectivity index (χ0v) is 10.3. The first-order valence-corrected chi connectivity index (χ1v) is 5.70. The number of hydrogen-bond acceptors (Lipinski definition) is 4. The van der Waals surface area contributed by atoms with E-state index in [1.54, 1.807) is 6.33 Å². The van der Waals surface area contributed by atoms with Gasteiger partial charge in [-0.2, -0.15) is 0 Å². The fraction of sp³-hybridized carbons (Fsp3) is 0.154. The predicted octanol–water partition coefficient (Wildman–Crippen LogP) is 1.26. The van der Waals surface area contributed by atoms with Crippen molar-refractivity contribution in [3.8, 4) is 0 Å². The predicted molar refractivity (Wildman–Crippen MR) is 71.2 cm³/mol. The Morgan fingerprint density at radius 3 is 2.83 bits per heavy atom. The Morgan fingerprint density at radius 1 is 1.39 bits per heavy atom. The maximum absolute atomic E-state index is 4.19. The van der Waals surface area contributed by atoms with E-state index in [0.717, 1.165) is 11.6 Å². The van der Waals surface area contributed by atoms with Gasteiger partial charge in [-0.05, 0) is 12.1 Å². The van der Waals surface area contributed by atoms with E-state index in [-0.39, 0.29) is 0 Å². The summed E-state index contributed by atoms with van der Waals surface area (Å²) in [5.41, 5.74) is 1.05. The SMILES string of the molecule is C=CCN(c1ccccc1)[n+]1cncnc1NC. The minimum atomic E-state index is 0.663. The van der Waals surface area contributed by atoms with Gasteiger partial charge in [-0.15, -0.1) is 16.2 Å². The Morgan fingerprint density at radius 2 is 2.17 bits per heavy atom. The highest BCUT2D eigenvalue weighted by Crippen LogP contribution is 2.11. The molecular formula is C13H16N5+. The topological polar surface area (TPSA) is 44.9 Å². The van der Waals surface area contributed by atoms with Crippen molar-refractivity contribution < 1.29 is 4.68 Å². The minimum Gasteiger partial charge on any atom is -0.295 e. The lowest BCUT2D eigenvalue weighted by Crippen LogP contribution is -2.56. The number of para-hydroxylation sites is 1. The first kappa shape index (κ1) is 12.0. The highest BCUT2D eigenvalue weighted by Gasteiger charge is 2.15. The maximum atomic E-state index is 4.19. The second kappa shape index (κ2) is 5.77. The highest BCUT2D eigenvalue weighted by molar-refractivity contribution is 5.43. The van der Waals surface area contributed by atoms with Crippen LogP contribution in [0.15, 0.2) is 55.6 Å². The molecule has 18 heavy (non-hydrogen) atoms. The highest BCUT2D eigenvalue weighted by atomic mass is 15.6. The molecule has 0 amide bonds. The van der Waals surface area contributed by atoms with Crippen LogP contribution in [0.2, 0.25) is 0 Å². The molecule has 0 unspecified atom stereocenters. The molecular weight excluding hydrogens is 226 g/mol. The van der Waals surface area contributed by atoms with Crippen molar-refractivity contribution in [1.82, 2.24) is 9.97 Å². The quantitative estimate of drug-likeness (QED) is 0.633. The lowest BCUT2D eigenvalue weighted by Gasteiger charge is -2.22. The molecule has 0 radical (unpaired) electrons. The van der Waals surface area contributed by atoms with Crippen molar-refractivity contribution in [3.05, 3.63) is 55.6 Å². The van der Waals surface area contributed by atoms with Gasteiger partial charge >= 0.3 is 5.95 Å². The summed E-state index contributed by atoms with van der Waals surface area (Å²) < 4.78 is 1.86. The largest absolute Gasteiger partial charge is 0.371 e. The molecule has 0 saturated heterocycles. The molecule has 92 valence electrons. The molecule has 1 heterocycles. The standard InChI is InChI=1S/C13H15N5/c1-3-9-17(12-7-5-4-6-8-12)18-11-15-10-16-13(18)14-2/h3-8,10-11H,1,9H2,2H3/p+1. The van der Waals surface area contributed by atoms with Crippen LogP contribution in [0, 0.1) is 0 Å². The van der Waals surface area contributed by atoms with Crippen molar-refractivity contribution in [3.63, 3.8) is 0 Å². The van der Waals surface area contributed by atoms with Crippen LogP contribution in [-0.2, 0) is 0 Å². The van der Waals surface area contributed by atoms with Crippen LogP contribution >= 0.6 is 0 Å². The smallest absolute Gasteiger partial charge is 0.295 e. The molecule has 0 spiro atoms. The van der Waals surface area contributed by atoms with Gasteiger partial charge in [0.15, 0.2) is 0 Å². The molecule has 0 aliphatic heterocycles. The Bertz CT molecular complexity index is 512. The number of nitrogens with one attached hydrogen (secondary N) is 1. The summed E-state index contributed by atoms with van der Waals surface area (Å²) in [4.78, 5) is 8.25. The molecule has 0 aliphatic carbocycles. The normalized spacial score (nSPS) is 9.83. The number of benzene rings is 1. The van der Waals surface area contributed by atoms with Gasteiger partial charge in [0.05, 0.1) is 12.2 Å². The zero-order valence-electron chi connectivity index (χ0n) is 10.3. The van der Waals surface area contributed by atoms with Crippen LogP contribution in [0.1, 0.15) is 0 Å². The molecule has 5 nitrogen and oxygen atoms in total. The van der Waals surface area contributed by atoms with Crippen LogP contribution < -0.4 is 15.0 Å². The van der Waals surface area contributed by atoms with Crippen LogP contribution in [-0.4, -0.2) is 23.6 Å². The maximum Gasteiger partial charge on any atom is 0.371 e. The van der Waals surface area contributed by atoms with E-state index < -0.39 is 0 Å². The minimum absolute atomic E-state index is 0.663. The number of rotatable bonds is 5. The first-order valence-electron chi connectivity index (χ1n) is 5.70. The number of hydrogen-bond donors (Lipinski definition) is 1. The van der Waals surface area contributed by atoms with E-state index in [9.17, 15) is 0 Å². The van der Waals surface area contributed by atoms with Crippen molar-refractivity contribution >= 4 is 11.6 Å². The molecule has 2 aromatic rings. The van der Waals surface area contributed by atoms with E-state index in [4.69, 9.17) is 0 Å². The number of nitrogens with zero attached hydrogens (tertiary/aromatic N) is 4. The molecule has 0 saturated carbocycles. The van der Waals surface area contributed by atoms with Gasteiger partial charge in [-0.3, -0.25) is 5.32 Å². The lowest BCUT2D eigenvalue weighted by molar-refractivity contribution is -0.675. The van der Waals surface area contributed by atoms with Gasteiger partial charge in [0.1, 0.15) is 0 Å². The first-order chi connectivity index (χ1) is 8.86. The average Bonchev–Trinajstić information content (AvgIpc) is 2.46. The Kier molecular flexibility index (Phi) is 3.86. The molecule has 0 aliphatic rings. The average molecular weight is 242 g/mol. The lowest BCUT2D eigenvalue weighted by atomic mass is 10.3. The van der Waals surface area contributed by atoms with E-state index in [1.807, 2.05) is 53.1 Å². The van der Waals surface area contributed by atoms with E-state index in [2.05, 4.69) is 21.9 Å². The third kappa shape index (κ3) is 2.45. The summed E-state index contributed by atoms with van der Waals surface area (Å²) in [6.45, 7) is 4.45. The molecule has 1 aromatic heterocycles. The second-order valence-electron chi connectivity index (χ2n) is 3.63. The molecule has 0 atom stereocenters. The van der Waals surface area contributed by atoms with Crippen LogP contribution in [0.5, 0.6) is 0 Å². The third-order valence-electron chi connectivity index (χ3n) is 2.48. The van der Waals surface area contributed by atoms with Gasteiger partial charge in [-0.1, -0.05) is 29.3 Å². The van der Waals surface area contributed by atoms with Gasteiger partial charge in [0, 0.05) is 7.05 Å². The zero-order chi connectivity index (χ0) is 12.8. The summed E-state index contributed by atoms with van der Waals surface area (Å²) in [5.74, 6) is 0.718. The van der Waals surface area contributed by atoms with Gasteiger partial charge in [0.25, 0.3) is 0 Å². The number of anilines is 2. The van der Waals surface area contributed by atoms with Gasteiger partial charge < -0.3 is 0 Å². The van der Waals surface area contributed by atoms with E-state index in [0.29, 0.717) is 6.54 Å². The summed E-state index contributed by atoms with van der Waals surface area (Å²) in [7, 11) is 1.83.